The van der Waals surface area contributed by atoms with Gasteiger partial charge in [0.05, 0.1) is 17.8 Å². The highest BCUT2D eigenvalue weighted by atomic mass is 35.5. The van der Waals surface area contributed by atoms with Gasteiger partial charge < -0.3 is 20.7 Å². The summed E-state index contributed by atoms with van der Waals surface area (Å²) in [7, 11) is 1.72. The topological polar surface area (TPSA) is 105 Å². The fraction of sp³-hybridized carbons (Fsp3) is 0.200. The van der Waals surface area contributed by atoms with Gasteiger partial charge >= 0.3 is 0 Å². The zero-order valence-electron chi connectivity index (χ0n) is 13.5. The molecule has 0 spiro atoms. The maximum Gasteiger partial charge on any atom is 0.256 e. The van der Waals surface area contributed by atoms with E-state index in [1.54, 1.807) is 13.1 Å². The van der Waals surface area contributed by atoms with Crippen LogP contribution in [0.3, 0.4) is 0 Å². The summed E-state index contributed by atoms with van der Waals surface area (Å²) < 4.78 is 20.9. The maximum atomic E-state index is 14.1. The summed E-state index contributed by atoms with van der Waals surface area (Å²) in [5.41, 5.74) is 0.652. The fourth-order valence-electron chi connectivity index (χ4n) is 2.54. The van der Waals surface area contributed by atoms with Gasteiger partial charge in [0.1, 0.15) is 29.6 Å². The Morgan fingerprint density at radius 1 is 1.35 bits per heavy atom. The Hall–Kier alpha value is -3.14. The van der Waals surface area contributed by atoms with Crippen molar-refractivity contribution in [3.8, 4) is 5.88 Å². The average Bonchev–Trinajstić information content (AvgIpc) is 3.05. The lowest BCUT2D eigenvalue weighted by atomic mass is 10.3. The molecule has 0 fully saturated rings. The number of hydrogen-bond donors (Lipinski definition) is 3. The molecular formula is C15H13ClFN7O2. The van der Waals surface area contributed by atoms with Gasteiger partial charge in [-0.2, -0.15) is 19.0 Å². The highest BCUT2D eigenvalue weighted by molar-refractivity contribution is 6.31. The Balaban J connectivity index is 1.90. The molecule has 1 amide bonds. The lowest BCUT2D eigenvalue weighted by Gasteiger charge is -2.11. The molecule has 4 bridgehead atoms. The van der Waals surface area contributed by atoms with Crippen LogP contribution in [-0.4, -0.2) is 45.7 Å². The van der Waals surface area contributed by atoms with E-state index in [2.05, 4.69) is 31.0 Å². The molecule has 3 N–H and O–H groups in total. The van der Waals surface area contributed by atoms with Gasteiger partial charge in [0, 0.05) is 19.2 Å². The first-order valence-electron chi connectivity index (χ1n) is 7.67. The number of carbonyl (C=O) groups excluding carboxylic acids is 1. The molecule has 4 rings (SSSR count). The van der Waals surface area contributed by atoms with E-state index in [-0.39, 0.29) is 35.8 Å². The number of halogens is 2. The molecule has 26 heavy (non-hydrogen) atoms. The predicted octanol–water partition coefficient (Wildman–Crippen LogP) is 1.82. The van der Waals surface area contributed by atoms with Gasteiger partial charge in [-0.3, -0.25) is 4.79 Å². The Morgan fingerprint density at radius 3 is 2.96 bits per heavy atom. The first-order chi connectivity index (χ1) is 12.6. The third kappa shape index (κ3) is 2.73. The minimum Gasteiger partial charge on any atom is -0.474 e. The molecule has 134 valence electrons. The molecule has 0 saturated heterocycles. The van der Waals surface area contributed by atoms with Crippen LogP contribution >= 0.6 is 11.6 Å². The normalized spacial score (nSPS) is 13.9. The largest absolute Gasteiger partial charge is 0.474 e. The van der Waals surface area contributed by atoms with Crippen molar-refractivity contribution in [2.45, 2.75) is 0 Å². The summed E-state index contributed by atoms with van der Waals surface area (Å²) in [5.74, 6) is -0.175. The molecule has 0 unspecified atom stereocenters. The smallest absolute Gasteiger partial charge is 0.256 e. The molecule has 0 aliphatic carbocycles. The fourth-order valence-corrected chi connectivity index (χ4v) is 2.72. The van der Waals surface area contributed by atoms with Crippen molar-refractivity contribution in [1.82, 2.24) is 24.9 Å². The van der Waals surface area contributed by atoms with Crippen LogP contribution in [0.1, 0.15) is 10.4 Å². The van der Waals surface area contributed by atoms with Gasteiger partial charge in [-0.25, -0.2) is 4.98 Å². The first kappa shape index (κ1) is 16.3. The van der Waals surface area contributed by atoms with Crippen LogP contribution < -0.4 is 20.7 Å². The van der Waals surface area contributed by atoms with E-state index in [9.17, 15) is 9.18 Å². The molecule has 4 heterocycles. The minimum absolute atomic E-state index is 0.0205. The number of rotatable bonds is 1. The highest BCUT2D eigenvalue weighted by Crippen LogP contribution is 2.28. The zero-order chi connectivity index (χ0) is 18.3. The summed E-state index contributed by atoms with van der Waals surface area (Å²) in [6.07, 6.45) is 1.43. The van der Waals surface area contributed by atoms with Crippen molar-refractivity contribution < 1.29 is 13.9 Å². The molecule has 0 radical (unpaired) electrons. The van der Waals surface area contributed by atoms with Crippen LogP contribution in [0.4, 0.5) is 21.8 Å². The quantitative estimate of drug-likeness (QED) is 0.594. The molecular weight excluding hydrogens is 365 g/mol. The van der Waals surface area contributed by atoms with Gasteiger partial charge in [-0.1, -0.05) is 11.6 Å². The number of pyridine rings is 1. The predicted molar refractivity (Wildman–Crippen MR) is 92.8 cm³/mol. The van der Waals surface area contributed by atoms with Crippen molar-refractivity contribution in [2.75, 3.05) is 30.8 Å². The van der Waals surface area contributed by atoms with Crippen LogP contribution in [0.5, 0.6) is 5.88 Å². The third-order valence-corrected chi connectivity index (χ3v) is 4.01. The molecule has 3 aromatic heterocycles. The van der Waals surface area contributed by atoms with E-state index in [1.807, 2.05) is 0 Å². The number of aromatic nitrogens is 4. The molecule has 3 aromatic rings. The van der Waals surface area contributed by atoms with E-state index >= 15 is 0 Å². The van der Waals surface area contributed by atoms with Gasteiger partial charge in [0.25, 0.3) is 11.8 Å². The van der Waals surface area contributed by atoms with Crippen LogP contribution in [0.25, 0.3) is 5.65 Å². The van der Waals surface area contributed by atoms with Crippen molar-refractivity contribution >= 4 is 40.6 Å². The van der Waals surface area contributed by atoms with Crippen molar-refractivity contribution in [2.24, 2.45) is 0 Å². The molecule has 0 saturated carbocycles. The number of ether oxygens (including phenoxy) is 1. The zero-order valence-corrected chi connectivity index (χ0v) is 14.3. The van der Waals surface area contributed by atoms with E-state index < -0.39 is 5.82 Å². The van der Waals surface area contributed by atoms with Gasteiger partial charge in [-0.15, -0.1) is 0 Å². The number of hydrogen-bond acceptors (Lipinski definition) is 7. The Kier molecular flexibility index (Phi) is 3.96. The SMILES string of the molecule is CNc1cc2nc3c(cnn13)C(=O)NCCOc1nc(cc(Cl)c1F)N2. The monoisotopic (exact) mass is 377 g/mol. The summed E-state index contributed by atoms with van der Waals surface area (Å²) in [6, 6.07) is 3.00. The summed E-state index contributed by atoms with van der Waals surface area (Å²) in [6.45, 7) is 0.164. The Morgan fingerprint density at radius 2 is 2.15 bits per heavy atom. The van der Waals surface area contributed by atoms with Crippen LogP contribution in [0, 0.1) is 5.82 Å². The Labute approximate surface area is 151 Å². The van der Waals surface area contributed by atoms with Crippen LogP contribution in [0.2, 0.25) is 5.02 Å². The van der Waals surface area contributed by atoms with E-state index in [0.717, 1.165) is 0 Å². The van der Waals surface area contributed by atoms with Crippen LogP contribution in [-0.2, 0) is 0 Å². The minimum atomic E-state index is -0.769. The number of nitrogens with one attached hydrogen (secondary N) is 3. The summed E-state index contributed by atoms with van der Waals surface area (Å²) in [5, 5.41) is 12.7. The third-order valence-electron chi connectivity index (χ3n) is 3.74. The Bertz CT molecular complexity index is 1020. The van der Waals surface area contributed by atoms with Crippen molar-refractivity contribution in [3.05, 3.63) is 34.7 Å². The molecule has 1 aliphatic heterocycles. The molecule has 1 aliphatic rings. The lowest BCUT2D eigenvalue weighted by Crippen LogP contribution is -2.28. The molecule has 0 aromatic carbocycles. The number of nitrogens with zero attached hydrogens (tertiary/aromatic N) is 4. The number of fused-ring (bicyclic) bond motifs is 3. The number of anilines is 3. The molecule has 9 nitrogen and oxygen atoms in total. The summed E-state index contributed by atoms with van der Waals surface area (Å²) in [4.78, 5) is 20.9. The van der Waals surface area contributed by atoms with Crippen molar-refractivity contribution in [3.63, 3.8) is 0 Å². The second-order valence-corrected chi connectivity index (χ2v) is 5.82. The maximum absolute atomic E-state index is 14.1. The lowest BCUT2D eigenvalue weighted by molar-refractivity contribution is 0.0947. The number of carbonyl (C=O) groups is 1. The second-order valence-electron chi connectivity index (χ2n) is 5.41. The summed E-state index contributed by atoms with van der Waals surface area (Å²) >= 11 is 5.92. The highest BCUT2D eigenvalue weighted by Gasteiger charge is 2.19. The average molecular weight is 378 g/mol. The molecule has 0 atom stereocenters. The van der Waals surface area contributed by atoms with E-state index in [4.69, 9.17) is 16.3 Å². The van der Waals surface area contributed by atoms with Crippen molar-refractivity contribution in [1.29, 1.82) is 0 Å². The first-order valence-corrected chi connectivity index (χ1v) is 8.05. The number of amides is 1. The van der Waals surface area contributed by atoms with Crippen LogP contribution in [0.15, 0.2) is 18.3 Å². The standard InChI is InChI=1S/C15H13ClFN7O2/c1-18-11-5-10-21-9-4-8(16)12(17)15(23-9)26-3-2-19-14(25)7-6-20-24(11)13(7)22-10/h4-6,18H,2-3H2,1H3,(H,19,25)(H,21,22,23). The molecule has 11 heteroatoms. The van der Waals surface area contributed by atoms with Gasteiger partial charge in [0.2, 0.25) is 5.82 Å². The van der Waals surface area contributed by atoms with E-state index in [0.29, 0.717) is 22.8 Å². The van der Waals surface area contributed by atoms with Gasteiger partial charge in [0.15, 0.2) is 5.65 Å². The second kappa shape index (κ2) is 6.30. The van der Waals surface area contributed by atoms with E-state index in [1.165, 1.54) is 16.8 Å². The van der Waals surface area contributed by atoms with Gasteiger partial charge in [-0.05, 0) is 0 Å².